The minimum atomic E-state index is -3.70. The van der Waals surface area contributed by atoms with Gasteiger partial charge in [0.2, 0.25) is 15.9 Å². The van der Waals surface area contributed by atoms with Crippen molar-refractivity contribution in [2.24, 2.45) is 5.14 Å². The van der Waals surface area contributed by atoms with Gasteiger partial charge in [-0.1, -0.05) is 23.7 Å². The summed E-state index contributed by atoms with van der Waals surface area (Å²) in [4.78, 5) is 14.5. The Morgan fingerprint density at radius 2 is 1.91 bits per heavy atom. The number of hydrogen-bond acceptors (Lipinski definition) is 6. The van der Waals surface area contributed by atoms with Gasteiger partial charge in [-0.2, -0.15) is 5.10 Å². The molecule has 32 heavy (non-hydrogen) atoms. The number of hydrogen-bond donors (Lipinski definition) is 2. The quantitative estimate of drug-likeness (QED) is 0.542. The van der Waals surface area contributed by atoms with Crippen molar-refractivity contribution in [1.29, 1.82) is 0 Å². The zero-order valence-electron chi connectivity index (χ0n) is 16.8. The molecule has 0 aliphatic carbocycles. The number of anilines is 1. The number of benzene rings is 2. The van der Waals surface area contributed by atoms with Gasteiger partial charge in [-0.3, -0.25) is 4.90 Å². The second-order valence-electron chi connectivity index (χ2n) is 7.24. The molecule has 2 heterocycles. The number of primary sulfonamides is 1. The number of halogens is 1. The fraction of sp³-hybridized carbons (Fsp3) is 0.190. The molecule has 9 nitrogen and oxygen atoms in total. The first kappa shape index (κ1) is 22.0. The Morgan fingerprint density at radius 3 is 2.59 bits per heavy atom. The van der Waals surface area contributed by atoms with E-state index >= 15 is 0 Å². The van der Waals surface area contributed by atoms with Gasteiger partial charge in [0.05, 0.1) is 17.8 Å². The monoisotopic (exact) mass is 473 g/mol. The van der Waals surface area contributed by atoms with Crippen LogP contribution in [0.2, 0.25) is 5.02 Å². The molecule has 2 atom stereocenters. The molecule has 1 fully saturated rings. The number of amides is 2. The van der Waals surface area contributed by atoms with Crippen molar-refractivity contribution in [3.8, 4) is 11.6 Å². The van der Waals surface area contributed by atoms with Crippen LogP contribution in [0.15, 0.2) is 66.9 Å². The Morgan fingerprint density at radius 1 is 1.12 bits per heavy atom. The maximum Gasteiger partial charge on any atom is 0.322 e. The molecule has 0 saturated carbocycles. The molecule has 1 aliphatic heterocycles. The van der Waals surface area contributed by atoms with E-state index < -0.39 is 22.1 Å². The summed E-state index contributed by atoms with van der Waals surface area (Å²) in [5.74, 6) is 0.563. The molecule has 1 aliphatic rings. The van der Waals surface area contributed by atoms with E-state index in [0.717, 1.165) is 5.56 Å². The SMILES string of the molecule is NS(=O)(=O)CCC1NC(=O)N(c2ccc(Cl)cc2)C1c1cccc(Oc2cccnn2)c1. The third-order valence-corrected chi connectivity index (χ3v) is 6.03. The molecule has 3 N–H and O–H groups in total. The Hall–Kier alpha value is -3.21. The summed E-state index contributed by atoms with van der Waals surface area (Å²) in [6, 6.07) is 16.1. The van der Waals surface area contributed by atoms with E-state index in [1.807, 2.05) is 6.07 Å². The normalized spacial score (nSPS) is 18.4. The summed E-state index contributed by atoms with van der Waals surface area (Å²) in [6.07, 6.45) is 1.69. The van der Waals surface area contributed by atoms with Gasteiger partial charge in [0, 0.05) is 23.0 Å². The minimum absolute atomic E-state index is 0.147. The van der Waals surface area contributed by atoms with Crippen LogP contribution in [-0.4, -0.2) is 36.4 Å². The summed E-state index contributed by atoms with van der Waals surface area (Å²) >= 11 is 6.01. The molecule has 166 valence electrons. The Kier molecular flexibility index (Phi) is 6.26. The largest absolute Gasteiger partial charge is 0.438 e. The summed E-state index contributed by atoms with van der Waals surface area (Å²) in [7, 11) is -3.70. The number of nitrogens with one attached hydrogen (secondary N) is 1. The first-order valence-electron chi connectivity index (χ1n) is 9.71. The lowest BCUT2D eigenvalue weighted by molar-refractivity contribution is 0.250. The number of nitrogens with two attached hydrogens (primary N) is 1. The number of rotatable bonds is 7. The van der Waals surface area contributed by atoms with Crippen LogP contribution < -0.4 is 20.1 Å². The van der Waals surface area contributed by atoms with Crippen molar-refractivity contribution in [1.82, 2.24) is 15.5 Å². The smallest absolute Gasteiger partial charge is 0.322 e. The number of sulfonamides is 1. The van der Waals surface area contributed by atoms with Crippen LogP contribution in [0, 0.1) is 0 Å². The van der Waals surface area contributed by atoms with Crippen molar-refractivity contribution < 1.29 is 17.9 Å². The van der Waals surface area contributed by atoms with Crippen molar-refractivity contribution >= 4 is 33.3 Å². The predicted molar refractivity (Wildman–Crippen MR) is 120 cm³/mol. The van der Waals surface area contributed by atoms with E-state index in [4.69, 9.17) is 21.5 Å². The van der Waals surface area contributed by atoms with E-state index in [1.54, 1.807) is 65.7 Å². The topological polar surface area (TPSA) is 128 Å². The van der Waals surface area contributed by atoms with Gasteiger partial charge < -0.3 is 10.1 Å². The number of carbonyl (C=O) groups excluding carboxylic acids is 1. The number of aromatic nitrogens is 2. The van der Waals surface area contributed by atoms with Gasteiger partial charge in [0.15, 0.2) is 0 Å². The average Bonchev–Trinajstić information content (AvgIpc) is 3.09. The first-order valence-corrected chi connectivity index (χ1v) is 11.8. The minimum Gasteiger partial charge on any atom is -0.438 e. The van der Waals surface area contributed by atoms with Gasteiger partial charge in [-0.15, -0.1) is 5.10 Å². The standard InChI is InChI=1S/C21H20ClN5O4S/c22-15-6-8-16(9-7-15)27-20(18(25-21(27)28)10-12-32(23,29)30)14-3-1-4-17(13-14)31-19-5-2-11-24-26-19/h1-9,11,13,18,20H,10,12H2,(H,25,28)(H2,23,29,30). The maximum atomic E-state index is 12.9. The molecule has 3 aromatic rings. The molecule has 2 amide bonds. The van der Waals surface area contributed by atoms with Crippen LogP contribution in [-0.2, 0) is 10.0 Å². The number of carbonyl (C=O) groups is 1. The van der Waals surface area contributed by atoms with Gasteiger partial charge in [-0.05, 0) is 54.4 Å². The molecule has 1 saturated heterocycles. The van der Waals surface area contributed by atoms with Crippen molar-refractivity contribution in [3.05, 3.63) is 77.4 Å². The predicted octanol–water partition coefficient (Wildman–Crippen LogP) is 3.24. The van der Waals surface area contributed by atoms with E-state index in [9.17, 15) is 13.2 Å². The van der Waals surface area contributed by atoms with Crippen LogP contribution >= 0.6 is 11.6 Å². The van der Waals surface area contributed by atoms with Crippen LogP contribution in [0.4, 0.5) is 10.5 Å². The Balaban J connectivity index is 1.70. The molecule has 11 heteroatoms. The van der Waals surface area contributed by atoms with Crippen molar-refractivity contribution in [2.75, 3.05) is 10.7 Å². The third kappa shape index (κ3) is 5.16. The Bertz CT molecular complexity index is 1210. The first-order chi connectivity index (χ1) is 15.3. The number of nitrogens with zero attached hydrogens (tertiary/aromatic N) is 3. The van der Waals surface area contributed by atoms with Crippen molar-refractivity contribution in [3.63, 3.8) is 0 Å². The van der Waals surface area contributed by atoms with E-state index in [0.29, 0.717) is 22.3 Å². The van der Waals surface area contributed by atoms with Crippen LogP contribution in [0.5, 0.6) is 11.6 Å². The average molecular weight is 474 g/mol. The van der Waals surface area contributed by atoms with Crippen LogP contribution in [0.25, 0.3) is 0 Å². The zero-order valence-corrected chi connectivity index (χ0v) is 18.3. The summed E-state index contributed by atoms with van der Waals surface area (Å²) < 4.78 is 28.9. The number of urea groups is 1. The van der Waals surface area contributed by atoms with Crippen LogP contribution in [0.3, 0.4) is 0 Å². The fourth-order valence-corrected chi connectivity index (χ4v) is 4.33. The summed E-state index contributed by atoms with van der Waals surface area (Å²) in [5, 5.41) is 16.3. The molecule has 1 aromatic heterocycles. The van der Waals surface area contributed by atoms with E-state index in [2.05, 4.69) is 15.5 Å². The molecule has 0 bridgehead atoms. The molecule has 4 rings (SSSR count). The zero-order chi connectivity index (χ0) is 22.7. The fourth-order valence-electron chi connectivity index (χ4n) is 3.62. The highest BCUT2D eigenvalue weighted by atomic mass is 35.5. The van der Waals surface area contributed by atoms with E-state index in [-0.39, 0.29) is 18.2 Å². The molecule has 0 spiro atoms. The van der Waals surface area contributed by atoms with Gasteiger partial charge in [0.25, 0.3) is 0 Å². The highest BCUT2D eigenvalue weighted by Crippen LogP contribution is 2.37. The highest BCUT2D eigenvalue weighted by molar-refractivity contribution is 7.89. The lowest BCUT2D eigenvalue weighted by atomic mass is 9.97. The number of ether oxygens (including phenoxy) is 1. The molecular weight excluding hydrogens is 454 g/mol. The second kappa shape index (κ2) is 9.11. The molecule has 0 radical (unpaired) electrons. The van der Waals surface area contributed by atoms with Gasteiger partial charge in [-0.25, -0.2) is 18.4 Å². The highest BCUT2D eigenvalue weighted by Gasteiger charge is 2.41. The van der Waals surface area contributed by atoms with Crippen molar-refractivity contribution in [2.45, 2.75) is 18.5 Å². The lowest BCUT2D eigenvalue weighted by Crippen LogP contribution is -2.31. The Labute approximate surface area is 190 Å². The summed E-state index contributed by atoms with van der Waals surface area (Å²) in [6.45, 7) is 0. The third-order valence-electron chi connectivity index (χ3n) is 4.98. The molecule has 2 unspecified atom stereocenters. The molecular formula is C21H20ClN5O4S. The van der Waals surface area contributed by atoms with Gasteiger partial charge >= 0.3 is 6.03 Å². The maximum absolute atomic E-state index is 12.9. The van der Waals surface area contributed by atoms with E-state index in [1.165, 1.54) is 0 Å². The van der Waals surface area contributed by atoms with Crippen LogP contribution in [0.1, 0.15) is 18.0 Å². The lowest BCUT2D eigenvalue weighted by Gasteiger charge is -2.27. The summed E-state index contributed by atoms with van der Waals surface area (Å²) in [5.41, 5.74) is 1.37. The molecule has 2 aromatic carbocycles. The second-order valence-corrected chi connectivity index (χ2v) is 9.41. The van der Waals surface area contributed by atoms with Gasteiger partial charge in [0.1, 0.15) is 5.75 Å².